The van der Waals surface area contributed by atoms with E-state index in [1.165, 1.54) is 40.7 Å². The third kappa shape index (κ3) is 6.92. The molecule has 1 N–H and O–H groups in total. The number of Topliss-reactive ketones (excluding diaryl/α,β-unsaturated/α-hetero) is 1. The molecule has 6 aromatic rings. The first kappa shape index (κ1) is 33.9. The van der Waals surface area contributed by atoms with E-state index in [9.17, 15) is 14.7 Å². The van der Waals surface area contributed by atoms with Crippen molar-refractivity contribution in [3.05, 3.63) is 136 Å². The van der Waals surface area contributed by atoms with Gasteiger partial charge in [0.2, 0.25) is 10.9 Å². The second kappa shape index (κ2) is 14.7. The Labute approximate surface area is 302 Å². The molecule has 4 aromatic carbocycles. The fraction of sp³-hybridized carbons (Fsp3) is 0.179. The number of anilines is 1. The SMILES string of the molecule is CCOc1cc(C2C(C(=O)c3cc4cccc(OC)c4o3)=C(O)C(=O)N2c2nnc(SCc3ccc(C)cc3)s2)ccc1OCc1ccccc1. The van der Waals surface area contributed by atoms with Crippen LogP contribution in [0.4, 0.5) is 5.13 Å². The van der Waals surface area contributed by atoms with Crippen LogP contribution in [0.3, 0.4) is 0 Å². The number of aliphatic hydroxyl groups is 1. The summed E-state index contributed by atoms with van der Waals surface area (Å²) in [5, 5.41) is 21.0. The van der Waals surface area contributed by atoms with E-state index in [0.29, 0.717) is 57.1 Å². The fourth-order valence-electron chi connectivity index (χ4n) is 5.80. The Morgan fingerprint density at radius 1 is 0.922 bits per heavy atom. The van der Waals surface area contributed by atoms with E-state index >= 15 is 0 Å². The van der Waals surface area contributed by atoms with Crippen LogP contribution in [0, 0.1) is 6.92 Å². The van der Waals surface area contributed by atoms with Crippen molar-refractivity contribution in [1.82, 2.24) is 10.2 Å². The van der Waals surface area contributed by atoms with Gasteiger partial charge in [0, 0.05) is 11.1 Å². The Hall–Kier alpha value is -5.59. The third-order valence-corrected chi connectivity index (χ3v) is 10.4. The van der Waals surface area contributed by atoms with Crippen molar-refractivity contribution in [1.29, 1.82) is 0 Å². The van der Waals surface area contributed by atoms with Crippen LogP contribution >= 0.6 is 23.1 Å². The molecule has 0 saturated heterocycles. The van der Waals surface area contributed by atoms with Crippen molar-refractivity contribution >= 4 is 50.9 Å². The Balaban J connectivity index is 1.27. The first-order valence-corrected chi connectivity index (χ1v) is 18.0. The van der Waals surface area contributed by atoms with E-state index in [2.05, 4.69) is 34.5 Å². The van der Waals surface area contributed by atoms with Crippen LogP contribution in [0.5, 0.6) is 17.2 Å². The molecule has 0 spiro atoms. The summed E-state index contributed by atoms with van der Waals surface area (Å²) in [4.78, 5) is 29.6. The number of nitrogens with zero attached hydrogens (tertiary/aromatic N) is 3. The van der Waals surface area contributed by atoms with E-state index in [0.717, 1.165) is 11.1 Å². The number of aliphatic hydroxyl groups excluding tert-OH is 1. The van der Waals surface area contributed by atoms with Gasteiger partial charge in [-0.05, 0) is 54.8 Å². The first-order chi connectivity index (χ1) is 24.8. The molecule has 3 heterocycles. The highest BCUT2D eigenvalue weighted by atomic mass is 32.2. The molecule has 10 nitrogen and oxygen atoms in total. The predicted molar refractivity (Wildman–Crippen MR) is 196 cm³/mol. The number of ether oxygens (including phenoxy) is 3. The number of thioether (sulfide) groups is 1. The maximum atomic E-state index is 14.3. The minimum absolute atomic E-state index is 0.0600. The standard InChI is InChI=1S/C39H33N3O7S2/c1-4-47-30-19-26(17-18-28(30)48-21-24-9-6-5-7-10-24)33-32(34(43)31-20-27-11-8-12-29(46-3)36(27)49-31)35(44)37(45)42(33)38-40-41-39(51-38)50-22-25-15-13-23(2)14-16-25/h5-20,33,44H,4,21-22H2,1-3H3. The molecule has 2 aromatic heterocycles. The molecule has 258 valence electrons. The maximum Gasteiger partial charge on any atom is 0.296 e. The molecule has 7 rings (SSSR count). The number of carbonyl (C=O) groups is 2. The van der Waals surface area contributed by atoms with Gasteiger partial charge in [0.1, 0.15) is 6.61 Å². The molecule has 1 atom stereocenters. The largest absolute Gasteiger partial charge is 0.503 e. The van der Waals surface area contributed by atoms with Crippen LogP contribution in [-0.4, -0.2) is 40.7 Å². The number of methoxy groups -OCH3 is 1. The number of ketones is 1. The fourth-order valence-corrected chi connectivity index (χ4v) is 7.62. The van der Waals surface area contributed by atoms with Crippen LogP contribution in [0.1, 0.15) is 45.8 Å². The Morgan fingerprint density at radius 2 is 1.73 bits per heavy atom. The average molecular weight is 720 g/mol. The summed E-state index contributed by atoms with van der Waals surface area (Å²) in [6.45, 7) is 4.53. The van der Waals surface area contributed by atoms with Gasteiger partial charge in [-0.1, -0.05) is 101 Å². The lowest BCUT2D eigenvalue weighted by molar-refractivity contribution is -0.117. The maximum absolute atomic E-state index is 14.3. The zero-order valence-corrected chi connectivity index (χ0v) is 29.6. The van der Waals surface area contributed by atoms with Gasteiger partial charge in [-0.15, -0.1) is 10.2 Å². The monoisotopic (exact) mass is 719 g/mol. The van der Waals surface area contributed by atoms with E-state index in [4.69, 9.17) is 18.6 Å². The van der Waals surface area contributed by atoms with Crippen molar-refractivity contribution in [3.63, 3.8) is 0 Å². The molecule has 1 aliphatic rings. The molecular weight excluding hydrogens is 687 g/mol. The van der Waals surface area contributed by atoms with E-state index in [1.807, 2.05) is 44.2 Å². The molecule has 0 aliphatic carbocycles. The molecule has 51 heavy (non-hydrogen) atoms. The topological polar surface area (TPSA) is 124 Å². The number of furan rings is 1. The van der Waals surface area contributed by atoms with E-state index in [1.54, 1.807) is 42.5 Å². The minimum Gasteiger partial charge on any atom is -0.503 e. The lowest BCUT2D eigenvalue weighted by Crippen LogP contribution is -2.31. The van der Waals surface area contributed by atoms with Crippen molar-refractivity contribution in [2.24, 2.45) is 0 Å². The summed E-state index contributed by atoms with van der Waals surface area (Å²) >= 11 is 2.68. The number of aryl methyl sites for hydroxylation is 1. The molecule has 0 bridgehead atoms. The average Bonchev–Trinajstić information content (AvgIpc) is 3.87. The highest BCUT2D eigenvalue weighted by Gasteiger charge is 2.47. The highest BCUT2D eigenvalue weighted by molar-refractivity contribution is 8.00. The van der Waals surface area contributed by atoms with Crippen LogP contribution in [0.25, 0.3) is 11.0 Å². The van der Waals surface area contributed by atoms with E-state index in [-0.39, 0.29) is 16.5 Å². The summed E-state index contributed by atoms with van der Waals surface area (Å²) in [7, 11) is 1.51. The number of benzene rings is 4. The molecule has 1 unspecified atom stereocenters. The Bertz CT molecular complexity index is 2250. The molecule has 0 radical (unpaired) electrons. The van der Waals surface area contributed by atoms with Crippen molar-refractivity contribution in [2.45, 2.75) is 36.6 Å². The minimum atomic E-state index is -1.09. The number of hydrogen-bond acceptors (Lipinski definition) is 11. The zero-order chi connectivity index (χ0) is 35.5. The summed E-state index contributed by atoms with van der Waals surface area (Å²) in [6, 6.07) is 28.9. The van der Waals surface area contributed by atoms with Gasteiger partial charge >= 0.3 is 0 Å². The Kier molecular flexibility index (Phi) is 9.78. The first-order valence-electron chi connectivity index (χ1n) is 16.2. The van der Waals surface area contributed by atoms with Gasteiger partial charge in [0.15, 0.2) is 38.7 Å². The normalized spacial score (nSPS) is 14.4. The molecule has 12 heteroatoms. The molecular formula is C39H33N3O7S2. The molecule has 1 aliphatic heterocycles. The molecule has 1 amide bonds. The quantitative estimate of drug-likeness (QED) is 0.0705. The van der Waals surface area contributed by atoms with Gasteiger partial charge in [-0.2, -0.15) is 0 Å². The van der Waals surface area contributed by atoms with Gasteiger partial charge in [0.25, 0.3) is 5.91 Å². The van der Waals surface area contributed by atoms with E-state index < -0.39 is 23.5 Å². The second-order valence-electron chi connectivity index (χ2n) is 11.7. The van der Waals surface area contributed by atoms with Gasteiger partial charge in [-0.25, -0.2) is 0 Å². The molecule has 0 fully saturated rings. The van der Waals surface area contributed by atoms with Crippen LogP contribution in [0.2, 0.25) is 0 Å². The zero-order valence-electron chi connectivity index (χ0n) is 28.0. The van der Waals surface area contributed by atoms with Gasteiger partial charge in [0.05, 0.1) is 25.3 Å². The summed E-state index contributed by atoms with van der Waals surface area (Å²) in [5.74, 6) is -0.218. The lowest BCUT2D eigenvalue weighted by atomic mass is 9.95. The van der Waals surface area contributed by atoms with Crippen molar-refractivity contribution < 1.29 is 33.3 Å². The molecule has 0 saturated carbocycles. The number of rotatable bonds is 13. The number of carbonyl (C=O) groups excluding carboxylic acids is 2. The van der Waals surface area contributed by atoms with Crippen molar-refractivity contribution in [3.8, 4) is 17.2 Å². The Morgan fingerprint density at radius 3 is 2.49 bits per heavy atom. The summed E-state index contributed by atoms with van der Waals surface area (Å²) < 4.78 is 24.2. The number of hydrogen-bond donors (Lipinski definition) is 1. The van der Waals surface area contributed by atoms with Crippen LogP contribution in [0.15, 0.2) is 117 Å². The number of aromatic nitrogens is 2. The van der Waals surface area contributed by atoms with Crippen LogP contribution in [-0.2, 0) is 17.2 Å². The van der Waals surface area contributed by atoms with Gasteiger partial charge < -0.3 is 23.7 Å². The van der Waals surface area contributed by atoms with Crippen molar-refractivity contribution in [2.75, 3.05) is 18.6 Å². The second-order valence-corrected chi connectivity index (χ2v) is 13.9. The number of amides is 1. The summed E-state index contributed by atoms with van der Waals surface area (Å²) in [5.41, 5.74) is 3.96. The van der Waals surface area contributed by atoms with Gasteiger partial charge in [-0.3, -0.25) is 14.5 Å². The smallest absolute Gasteiger partial charge is 0.296 e. The third-order valence-electron chi connectivity index (χ3n) is 8.31. The highest BCUT2D eigenvalue weighted by Crippen LogP contribution is 2.46. The number of para-hydroxylation sites is 1. The lowest BCUT2D eigenvalue weighted by Gasteiger charge is -2.25. The number of fused-ring (bicyclic) bond motifs is 1. The predicted octanol–water partition coefficient (Wildman–Crippen LogP) is 8.65. The summed E-state index contributed by atoms with van der Waals surface area (Å²) in [6.07, 6.45) is 0. The van der Waals surface area contributed by atoms with Crippen LogP contribution < -0.4 is 19.1 Å².